The van der Waals surface area contributed by atoms with Crippen LogP contribution in [0.3, 0.4) is 0 Å². The number of para-hydroxylation sites is 1. The van der Waals surface area contributed by atoms with E-state index in [9.17, 15) is 4.79 Å². The van der Waals surface area contributed by atoms with Gasteiger partial charge in [-0.3, -0.25) is 4.79 Å². The van der Waals surface area contributed by atoms with Crippen molar-refractivity contribution in [3.63, 3.8) is 0 Å². The molecule has 0 radical (unpaired) electrons. The van der Waals surface area contributed by atoms with E-state index < -0.39 is 0 Å². The van der Waals surface area contributed by atoms with Crippen LogP contribution in [0.2, 0.25) is 0 Å². The molecular formula is C18H22N2O. The predicted octanol–water partition coefficient (Wildman–Crippen LogP) is 3.35. The Kier molecular flexibility index (Phi) is 4.43. The third-order valence-electron chi connectivity index (χ3n) is 3.77. The molecule has 0 aromatic heterocycles. The van der Waals surface area contributed by atoms with Gasteiger partial charge in [0.1, 0.15) is 0 Å². The van der Waals surface area contributed by atoms with Crippen molar-refractivity contribution < 1.29 is 4.79 Å². The second kappa shape index (κ2) is 6.10. The third-order valence-corrected chi connectivity index (χ3v) is 3.77. The van der Waals surface area contributed by atoms with Crippen LogP contribution in [0.15, 0.2) is 36.4 Å². The van der Waals surface area contributed by atoms with Crippen LogP contribution in [0.25, 0.3) is 0 Å². The number of hydrogen-bond acceptors (Lipinski definition) is 2. The molecule has 0 atom stereocenters. The summed E-state index contributed by atoms with van der Waals surface area (Å²) in [4.78, 5) is 14.5. The highest BCUT2D eigenvalue weighted by atomic mass is 16.2. The van der Waals surface area contributed by atoms with Crippen LogP contribution in [-0.4, -0.2) is 13.0 Å². The molecular weight excluding hydrogens is 260 g/mol. The minimum absolute atomic E-state index is 0.00546. The molecule has 0 unspecified atom stereocenters. The summed E-state index contributed by atoms with van der Waals surface area (Å²) in [7, 11) is 1.80. The van der Waals surface area contributed by atoms with Gasteiger partial charge in [-0.1, -0.05) is 35.9 Å². The fraction of sp³-hybridized carbons (Fsp3) is 0.278. The van der Waals surface area contributed by atoms with Crippen LogP contribution in [0.4, 0.5) is 5.69 Å². The number of nitrogens with two attached hydrogens (primary N) is 1. The SMILES string of the molecule is Cc1cc(C)c(C(=O)N(C)c2ccccc2CN)c(C)c1. The number of amides is 1. The van der Waals surface area contributed by atoms with Gasteiger partial charge in [-0.25, -0.2) is 0 Å². The lowest BCUT2D eigenvalue weighted by molar-refractivity contribution is 0.0991. The lowest BCUT2D eigenvalue weighted by atomic mass is 9.98. The Morgan fingerprint density at radius 3 is 2.24 bits per heavy atom. The first-order valence-corrected chi connectivity index (χ1v) is 7.09. The summed E-state index contributed by atoms with van der Waals surface area (Å²) in [5, 5.41) is 0. The van der Waals surface area contributed by atoms with Crippen molar-refractivity contribution in [2.24, 2.45) is 5.73 Å². The third kappa shape index (κ3) is 2.98. The van der Waals surface area contributed by atoms with Crippen LogP contribution >= 0.6 is 0 Å². The zero-order valence-corrected chi connectivity index (χ0v) is 13.1. The highest BCUT2D eigenvalue weighted by Gasteiger charge is 2.19. The largest absolute Gasteiger partial charge is 0.326 e. The number of benzene rings is 2. The highest BCUT2D eigenvalue weighted by molar-refractivity contribution is 6.08. The fourth-order valence-corrected chi connectivity index (χ4v) is 2.81. The maximum Gasteiger partial charge on any atom is 0.258 e. The quantitative estimate of drug-likeness (QED) is 0.938. The maximum absolute atomic E-state index is 12.9. The molecule has 2 rings (SSSR count). The van der Waals surface area contributed by atoms with Crippen molar-refractivity contribution in [2.75, 3.05) is 11.9 Å². The topological polar surface area (TPSA) is 46.3 Å². The molecule has 2 aromatic carbocycles. The molecule has 3 heteroatoms. The van der Waals surface area contributed by atoms with Gasteiger partial charge in [0.05, 0.1) is 0 Å². The Labute approximate surface area is 126 Å². The van der Waals surface area contributed by atoms with Gasteiger partial charge < -0.3 is 10.6 Å². The number of aryl methyl sites for hydroxylation is 3. The summed E-state index contributed by atoms with van der Waals surface area (Å²) in [5.74, 6) is 0.00546. The fourth-order valence-electron chi connectivity index (χ4n) is 2.81. The summed E-state index contributed by atoms with van der Waals surface area (Å²) in [5.41, 5.74) is 11.6. The smallest absolute Gasteiger partial charge is 0.258 e. The van der Waals surface area contributed by atoms with Gasteiger partial charge in [-0.15, -0.1) is 0 Å². The second-order valence-electron chi connectivity index (χ2n) is 5.47. The second-order valence-corrected chi connectivity index (χ2v) is 5.47. The number of hydrogen-bond donors (Lipinski definition) is 1. The number of anilines is 1. The Morgan fingerprint density at radius 2 is 1.67 bits per heavy atom. The Balaban J connectivity index is 2.45. The van der Waals surface area contributed by atoms with Crippen LogP contribution in [0.1, 0.15) is 32.6 Å². The van der Waals surface area contributed by atoms with Crippen molar-refractivity contribution in [3.05, 3.63) is 64.2 Å². The van der Waals surface area contributed by atoms with Crippen LogP contribution in [0.5, 0.6) is 0 Å². The summed E-state index contributed by atoms with van der Waals surface area (Å²) in [6, 6.07) is 11.8. The van der Waals surface area contributed by atoms with E-state index in [0.717, 1.165) is 27.9 Å². The molecule has 0 heterocycles. The minimum atomic E-state index is 0.00546. The highest BCUT2D eigenvalue weighted by Crippen LogP contribution is 2.24. The lowest BCUT2D eigenvalue weighted by Gasteiger charge is -2.22. The first-order valence-electron chi connectivity index (χ1n) is 7.09. The number of carbonyl (C=O) groups excluding carboxylic acids is 1. The molecule has 0 bridgehead atoms. The predicted molar refractivity (Wildman–Crippen MR) is 87.7 cm³/mol. The molecule has 0 fully saturated rings. The normalized spacial score (nSPS) is 10.5. The standard InChI is InChI=1S/C18H22N2O/c1-12-9-13(2)17(14(3)10-12)18(21)20(4)16-8-6-5-7-15(16)11-19/h5-10H,11,19H2,1-4H3. The van der Waals surface area contributed by atoms with Crippen LogP contribution in [-0.2, 0) is 6.54 Å². The average Bonchev–Trinajstić information content (AvgIpc) is 2.45. The van der Waals surface area contributed by atoms with Gasteiger partial charge in [0.25, 0.3) is 5.91 Å². The van der Waals surface area contributed by atoms with Crippen LogP contribution in [0, 0.1) is 20.8 Å². The maximum atomic E-state index is 12.9. The minimum Gasteiger partial charge on any atom is -0.326 e. The molecule has 0 aliphatic heterocycles. The van der Waals surface area contributed by atoms with Gasteiger partial charge in [0.2, 0.25) is 0 Å². The van der Waals surface area contributed by atoms with Crippen molar-refractivity contribution >= 4 is 11.6 Å². The summed E-state index contributed by atoms with van der Waals surface area (Å²) >= 11 is 0. The number of rotatable bonds is 3. The number of carbonyl (C=O) groups is 1. The van der Waals surface area contributed by atoms with Gasteiger partial charge in [0.15, 0.2) is 0 Å². The molecule has 0 saturated carbocycles. The molecule has 0 aliphatic carbocycles. The summed E-state index contributed by atoms with van der Waals surface area (Å²) < 4.78 is 0. The Morgan fingerprint density at radius 1 is 1.10 bits per heavy atom. The van der Waals surface area contributed by atoms with Crippen molar-refractivity contribution in [2.45, 2.75) is 27.3 Å². The lowest BCUT2D eigenvalue weighted by Crippen LogP contribution is -2.29. The van der Waals surface area contributed by atoms with E-state index in [1.807, 2.05) is 57.2 Å². The molecule has 110 valence electrons. The van der Waals surface area contributed by atoms with E-state index in [2.05, 4.69) is 0 Å². The first kappa shape index (κ1) is 15.3. The monoisotopic (exact) mass is 282 g/mol. The Hall–Kier alpha value is -2.13. The van der Waals surface area contributed by atoms with Crippen molar-refractivity contribution in [1.29, 1.82) is 0 Å². The van der Waals surface area contributed by atoms with E-state index >= 15 is 0 Å². The summed E-state index contributed by atoms with van der Waals surface area (Å²) in [6.45, 7) is 6.42. The number of nitrogens with zero attached hydrogens (tertiary/aromatic N) is 1. The molecule has 21 heavy (non-hydrogen) atoms. The van der Waals surface area contributed by atoms with E-state index in [-0.39, 0.29) is 5.91 Å². The molecule has 2 aromatic rings. The molecule has 3 nitrogen and oxygen atoms in total. The van der Waals surface area contributed by atoms with Crippen molar-refractivity contribution in [1.82, 2.24) is 0 Å². The average molecular weight is 282 g/mol. The van der Waals surface area contributed by atoms with Gasteiger partial charge in [-0.05, 0) is 43.5 Å². The van der Waals surface area contributed by atoms with E-state index in [0.29, 0.717) is 6.54 Å². The molecule has 0 saturated heterocycles. The zero-order chi connectivity index (χ0) is 15.6. The van der Waals surface area contributed by atoms with Crippen LogP contribution < -0.4 is 10.6 Å². The molecule has 1 amide bonds. The van der Waals surface area contributed by atoms with Gasteiger partial charge >= 0.3 is 0 Å². The summed E-state index contributed by atoms with van der Waals surface area (Å²) in [6.07, 6.45) is 0. The van der Waals surface area contributed by atoms with Gasteiger partial charge in [-0.2, -0.15) is 0 Å². The van der Waals surface area contributed by atoms with E-state index in [1.165, 1.54) is 5.56 Å². The van der Waals surface area contributed by atoms with Crippen molar-refractivity contribution in [3.8, 4) is 0 Å². The van der Waals surface area contributed by atoms with E-state index in [1.54, 1.807) is 11.9 Å². The molecule has 2 N–H and O–H groups in total. The van der Waals surface area contributed by atoms with Gasteiger partial charge in [0, 0.05) is 24.8 Å². The first-order chi connectivity index (χ1) is 9.95. The zero-order valence-electron chi connectivity index (χ0n) is 13.1. The molecule has 0 aliphatic rings. The molecule has 0 spiro atoms. The van der Waals surface area contributed by atoms with E-state index in [4.69, 9.17) is 5.73 Å². The Bertz CT molecular complexity index is 654.